The van der Waals surface area contributed by atoms with Gasteiger partial charge in [0.05, 0.1) is 12.8 Å². The normalized spacial score (nSPS) is 10.8. The molecule has 2 aromatic heterocycles. The third-order valence-corrected chi connectivity index (χ3v) is 5.80. The van der Waals surface area contributed by atoms with Gasteiger partial charge in [-0.3, -0.25) is 9.55 Å². The zero-order valence-corrected chi connectivity index (χ0v) is 17.8. The third kappa shape index (κ3) is 4.71. The molecule has 2 aromatic carbocycles. The van der Waals surface area contributed by atoms with E-state index in [0.29, 0.717) is 5.82 Å². The molecular weight excluding hydrogens is 392 g/mol. The fraction of sp³-hybridized carbons (Fsp3) is 0.208. The molecule has 0 saturated heterocycles. The van der Waals surface area contributed by atoms with Crippen molar-refractivity contribution < 1.29 is 4.74 Å². The monoisotopic (exact) mass is 416 g/mol. The van der Waals surface area contributed by atoms with Crippen LogP contribution in [0.1, 0.15) is 18.4 Å². The number of pyridine rings is 1. The van der Waals surface area contributed by atoms with E-state index in [4.69, 9.17) is 4.74 Å². The van der Waals surface area contributed by atoms with Crippen LogP contribution >= 0.6 is 11.8 Å². The van der Waals surface area contributed by atoms with Gasteiger partial charge in [0.15, 0.2) is 11.0 Å². The molecule has 30 heavy (non-hydrogen) atoms. The zero-order chi connectivity index (χ0) is 20.6. The van der Waals surface area contributed by atoms with Gasteiger partial charge in [0.1, 0.15) is 11.4 Å². The van der Waals surface area contributed by atoms with Crippen LogP contribution in [0.15, 0.2) is 84.1 Å². The molecule has 0 aliphatic heterocycles. The second kappa shape index (κ2) is 10.1. The molecule has 4 aromatic rings. The fourth-order valence-corrected chi connectivity index (χ4v) is 4.24. The molecule has 0 unspecified atom stereocenters. The van der Waals surface area contributed by atoms with Crippen LogP contribution in [0.3, 0.4) is 0 Å². The number of rotatable bonds is 9. The van der Waals surface area contributed by atoms with E-state index in [9.17, 15) is 0 Å². The summed E-state index contributed by atoms with van der Waals surface area (Å²) in [6.45, 7) is 0. The van der Waals surface area contributed by atoms with E-state index in [0.717, 1.165) is 47.3 Å². The van der Waals surface area contributed by atoms with Crippen molar-refractivity contribution >= 4 is 11.8 Å². The zero-order valence-electron chi connectivity index (χ0n) is 16.9. The van der Waals surface area contributed by atoms with Gasteiger partial charge < -0.3 is 4.74 Å². The lowest BCUT2D eigenvalue weighted by molar-refractivity contribution is 0.412. The highest BCUT2D eigenvalue weighted by Gasteiger charge is 2.19. The molecule has 0 saturated carbocycles. The number of methoxy groups -OCH3 is 1. The summed E-state index contributed by atoms with van der Waals surface area (Å²) in [5.74, 6) is 2.47. The van der Waals surface area contributed by atoms with Gasteiger partial charge in [-0.05, 0) is 49.1 Å². The van der Waals surface area contributed by atoms with Crippen LogP contribution in [0, 0.1) is 0 Å². The summed E-state index contributed by atoms with van der Waals surface area (Å²) in [5, 5.41) is 9.79. The summed E-state index contributed by atoms with van der Waals surface area (Å²) in [6.07, 6.45) is 5.12. The molecule has 0 aliphatic rings. The Bertz CT molecular complexity index is 1070. The van der Waals surface area contributed by atoms with Crippen molar-refractivity contribution in [2.45, 2.75) is 24.4 Å². The number of aromatic nitrogens is 4. The lowest BCUT2D eigenvalue weighted by Crippen LogP contribution is -2.03. The van der Waals surface area contributed by atoms with Crippen LogP contribution in [0.4, 0.5) is 0 Å². The Balaban J connectivity index is 1.53. The Hall–Kier alpha value is -3.12. The number of aryl methyl sites for hydroxylation is 1. The number of nitrogens with zero attached hydrogens (tertiary/aromatic N) is 4. The van der Waals surface area contributed by atoms with E-state index < -0.39 is 0 Å². The topological polar surface area (TPSA) is 52.8 Å². The summed E-state index contributed by atoms with van der Waals surface area (Å²) >= 11 is 1.72. The molecule has 2 heterocycles. The molecule has 6 heteroatoms. The quantitative estimate of drug-likeness (QED) is 0.268. The van der Waals surface area contributed by atoms with E-state index in [1.165, 1.54) is 5.56 Å². The number of unbranched alkanes of at least 4 members (excludes halogenated alkanes) is 1. The summed E-state index contributed by atoms with van der Waals surface area (Å²) in [7, 11) is 1.68. The van der Waals surface area contributed by atoms with E-state index in [2.05, 4.69) is 45.5 Å². The van der Waals surface area contributed by atoms with E-state index >= 15 is 0 Å². The second-order valence-electron chi connectivity index (χ2n) is 6.82. The standard InChI is InChI=1S/C24H24N4OS/c1-29-22-16-6-5-15-21(22)28-23(20-14-7-9-17-25-20)26-27-24(28)30-18-10-8-13-19-11-3-2-4-12-19/h2-7,9,11-12,14-17H,8,10,13,18H2,1H3. The minimum absolute atomic E-state index is 0.715. The molecule has 0 N–H and O–H groups in total. The number of para-hydroxylation sites is 2. The van der Waals surface area contributed by atoms with Crippen molar-refractivity contribution in [3.05, 3.63) is 84.6 Å². The molecule has 0 aliphatic carbocycles. The SMILES string of the molecule is COc1ccccc1-n1c(SCCCCc2ccccc2)nnc1-c1ccccn1. The van der Waals surface area contributed by atoms with Crippen molar-refractivity contribution in [2.24, 2.45) is 0 Å². The maximum absolute atomic E-state index is 5.60. The molecule has 0 bridgehead atoms. The first-order valence-corrected chi connectivity index (χ1v) is 11.0. The van der Waals surface area contributed by atoms with Gasteiger partial charge in [-0.1, -0.05) is 60.3 Å². The van der Waals surface area contributed by atoms with Crippen molar-refractivity contribution in [3.8, 4) is 23.0 Å². The van der Waals surface area contributed by atoms with Crippen LogP contribution in [-0.4, -0.2) is 32.6 Å². The number of hydrogen-bond acceptors (Lipinski definition) is 5. The Morgan fingerprint density at radius 1 is 0.867 bits per heavy atom. The summed E-state index contributed by atoms with van der Waals surface area (Å²) in [6, 6.07) is 24.4. The molecule has 0 amide bonds. The predicted octanol–water partition coefficient (Wildman–Crippen LogP) is 5.45. The van der Waals surface area contributed by atoms with Gasteiger partial charge in [-0.15, -0.1) is 10.2 Å². The van der Waals surface area contributed by atoms with Crippen molar-refractivity contribution in [1.82, 2.24) is 19.7 Å². The van der Waals surface area contributed by atoms with Gasteiger partial charge in [0.25, 0.3) is 0 Å². The van der Waals surface area contributed by atoms with Crippen LogP contribution < -0.4 is 4.74 Å². The number of hydrogen-bond donors (Lipinski definition) is 0. The lowest BCUT2D eigenvalue weighted by Gasteiger charge is -2.13. The molecule has 0 fully saturated rings. The van der Waals surface area contributed by atoms with Gasteiger partial charge >= 0.3 is 0 Å². The summed E-state index contributed by atoms with van der Waals surface area (Å²) in [4.78, 5) is 4.47. The predicted molar refractivity (Wildman–Crippen MR) is 121 cm³/mol. The van der Waals surface area contributed by atoms with E-state index in [-0.39, 0.29) is 0 Å². The molecule has 0 atom stereocenters. The van der Waals surface area contributed by atoms with Crippen molar-refractivity contribution in [2.75, 3.05) is 12.9 Å². The van der Waals surface area contributed by atoms with Crippen LogP contribution in [0.5, 0.6) is 5.75 Å². The van der Waals surface area contributed by atoms with Gasteiger partial charge in [-0.25, -0.2) is 0 Å². The molecule has 152 valence electrons. The van der Waals surface area contributed by atoms with Crippen LogP contribution in [-0.2, 0) is 6.42 Å². The van der Waals surface area contributed by atoms with Crippen LogP contribution in [0.25, 0.3) is 17.2 Å². The van der Waals surface area contributed by atoms with Gasteiger partial charge in [0.2, 0.25) is 0 Å². The Morgan fingerprint density at radius 2 is 1.67 bits per heavy atom. The third-order valence-electron chi connectivity index (χ3n) is 4.79. The lowest BCUT2D eigenvalue weighted by atomic mass is 10.1. The molecule has 0 radical (unpaired) electrons. The Kier molecular flexibility index (Phi) is 6.77. The highest BCUT2D eigenvalue weighted by atomic mass is 32.2. The fourth-order valence-electron chi connectivity index (χ4n) is 3.30. The highest BCUT2D eigenvalue weighted by Crippen LogP contribution is 2.32. The summed E-state index contributed by atoms with van der Waals surface area (Å²) < 4.78 is 7.65. The first kappa shape index (κ1) is 20.2. The van der Waals surface area contributed by atoms with E-state index in [1.807, 2.05) is 47.0 Å². The van der Waals surface area contributed by atoms with Crippen LogP contribution in [0.2, 0.25) is 0 Å². The average Bonchev–Trinajstić information content (AvgIpc) is 3.23. The first-order chi connectivity index (χ1) is 14.9. The number of thioether (sulfide) groups is 1. The smallest absolute Gasteiger partial charge is 0.196 e. The molecule has 0 spiro atoms. The molecular formula is C24H24N4OS. The minimum atomic E-state index is 0.715. The highest BCUT2D eigenvalue weighted by molar-refractivity contribution is 7.99. The average molecular weight is 417 g/mol. The van der Waals surface area contributed by atoms with Gasteiger partial charge in [-0.2, -0.15) is 0 Å². The Morgan fingerprint density at radius 3 is 2.47 bits per heavy atom. The first-order valence-electron chi connectivity index (χ1n) is 10.0. The second-order valence-corrected chi connectivity index (χ2v) is 7.88. The number of ether oxygens (including phenoxy) is 1. The molecule has 4 rings (SSSR count). The molecule has 5 nitrogen and oxygen atoms in total. The van der Waals surface area contributed by atoms with E-state index in [1.54, 1.807) is 25.1 Å². The minimum Gasteiger partial charge on any atom is -0.495 e. The maximum Gasteiger partial charge on any atom is 0.196 e. The summed E-state index contributed by atoms with van der Waals surface area (Å²) in [5.41, 5.74) is 3.08. The number of benzene rings is 2. The largest absolute Gasteiger partial charge is 0.495 e. The maximum atomic E-state index is 5.60. The van der Waals surface area contributed by atoms with Crippen molar-refractivity contribution in [1.29, 1.82) is 0 Å². The Labute approximate surface area is 181 Å². The van der Waals surface area contributed by atoms with Crippen molar-refractivity contribution in [3.63, 3.8) is 0 Å². The van der Waals surface area contributed by atoms with Gasteiger partial charge in [0, 0.05) is 11.9 Å².